The van der Waals surface area contributed by atoms with Crippen LogP contribution in [0.3, 0.4) is 0 Å². The van der Waals surface area contributed by atoms with E-state index in [1.54, 1.807) is 30.3 Å². The van der Waals surface area contributed by atoms with Crippen molar-refractivity contribution in [2.75, 3.05) is 50.1 Å². The van der Waals surface area contributed by atoms with Gasteiger partial charge in [-0.1, -0.05) is 30.7 Å². The van der Waals surface area contributed by atoms with Crippen LogP contribution < -0.4 is 25.0 Å². The van der Waals surface area contributed by atoms with E-state index in [0.29, 0.717) is 60.4 Å². The van der Waals surface area contributed by atoms with Gasteiger partial charge in [0.25, 0.3) is 11.8 Å². The normalized spacial score (nSPS) is 13.0. The summed E-state index contributed by atoms with van der Waals surface area (Å²) in [5, 5.41) is 6.35. The summed E-state index contributed by atoms with van der Waals surface area (Å²) in [6.45, 7) is 5.19. The van der Waals surface area contributed by atoms with Crippen LogP contribution in [0.2, 0.25) is 5.02 Å². The van der Waals surface area contributed by atoms with Gasteiger partial charge in [0, 0.05) is 37.4 Å². The number of thiocarbonyl (C=S) groups is 1. The molecule has 0 aliphatic carbocycles. The van der Waals surface area contributed by atoms with E-state index in [2.05, 4.69) is 22.5 Å². The van der Waals surface area contributed by atoms with Crippen molar-refractivity contribution in [3.63, 3.8) is 0 Å². The molecule has 0 unspecified atom stereocenters. The smallest absolute Gasteiger partial charge is 0.261 e. The zero-order valence-electron chi connectivity index (χ0n) is 21.9. The van der Waals surface area contributed by atoms with E-state index in [0.717, 1.165) is 17.9 Å². The van der Waals surface area contributed by atoms with Crippen LogP contribution >= 0.6 is 23.8 Å². The zero-order chi connectivity index (χ0) is 27.8. The number of anilines is 2. The third-order valence-corrected chi connectivity index (χ3v) is 6.77. The Hall–Kier alpha value is -3.82. The minimum atomic E-state index is -0.374. The van der Waals surface area contributed by atoms with Crippen molar-refractivity contribution in [2.45, 2.75) is 13.3 Å². The molecule has 1 heterocycles. The molecule has 1 aliphatic rings. The van der Waals surface area contributed by atoms with Crippen molar-refractivity contribution < 1.29 is 19.1 Å². The van der Waals surface area contributed by atoms with Gasteiger partial charge in [0.1, 0.15) is 11.5 Å². The topological polar surface area (TPSA) is 83.1 Å². The summed E-state index contributed by atoms with van der Waals surface area (Å²) in [5.74, 6) is 0.860. The molecule has 0 aromatic heterocycles. The van der Waals surface area contributed by atoms with Gasteiger partial charge in [0.15, 0.2) is 5.11 Å². The number of rotatable bonds is 8. The first-order valence-electron chi connectivity index (χ1n) is 12.7. The molecule has 0 saturated carbocycles. The fourth-order valence-electron chi connectivity index (χ4n) is 4.25. The maximum atomic E-state index is 13.0. The summed E-state index contributed by atoms with van der Waals surface area (Å²) in [6.07, 6.45) is 0.935. The number of nitrogens with zero attached hydrogens (tertiary/aromatic N) is 2. The van der Waals surface area contributed by atoms with Crippen LogP contribution in [0.5, 0.6) is 11.5 Å². The van der Waals surface area contributed by atoms with E-state index in [9.17, 15) is 9.59 Å². The number of ether oxygens (including phenoxy) is 2. The average molecular weight is 567 g/mol. The second kappa shape index (κ2) is 13.3. The third-order valence-electron chi connectivity index (χ3n) is 6.27. The molecule has 0 spiro atoms. The number of nitrogens with one attached hydrogen (secondary N) is 2. The summed E-state index contributed by atoms with van der Waals surface area (Å²) < 4.78 is 10.8. The lowest BCUT2D eigenvalue weighted by Gasteiger charge is -2.36. The van der Waals surface area contributed by atoms with Crippen molar-refractivity contribution in [1.82, 2.24) is 10.2 Å². The standard InChI is InChI=1S/C29H31ClN4O4S/c1-3-18-38-22-11-8-20(9-12-22)28(36)34-16-14-33(15-17-34)25-13-10-21(19-24(25)30)31-29(39)32-27(35)23-6-4-5-7-26(23)37-2/h4-13,19H,3,14-18H2,1-2H3,(H2,31,32,35,39). The Morgan fingerprint density at radius 1 is 1.00 bits per heavy atom. The SMILES string of the molecule is CCCOc1ccc(C(=O)N2CCN(c3ccc(NC(=S)NC(=O)c4ccccc4OC)cc3Cl)CC2)cc1. The minimum absolute atomic E-state index is 0.00557. The number of halogens is 1. The Balaban J connectivity index is 1.30. The molecular formula is C29H31ClN4O4S. The Labute approximate surface area is 238 Å². The number of piperazine rings is 1. The Bertz CT molecular complexity index is 1330. The van der Waals surface area contributed by atoms with Crippen LogP contribution in [0, 0.1) is 0 Å². The van der Waals surface area contributed by atoms with Gasteiger partial charge >= 0.3 is 0 Å². The lowest BCUT2D eigenvalue weighted by Crippen LogP contribution is -2.48. The second-order valence-corrected chi connectivity index (χ2v) is 9.74. The number of methoxy groups -OCH3 is 1. The molecular weight excluding hydrogens is 536 g/mol. The fourth-order valence-corrected chi connectivity index (χ4v) is 4.76. The highest BCUT2D eigenvalue weighted by atomic mass is 35.5. The number of amides is 2. The molecule has 10 heteroatoms. The first kappa shape index (κ1) is 28.2. The molecule has 2 amide bonds. The molecule has 1 fully saturated rings. The van der Waals surface area contributed by atoms with Crippen molar-refractivity contribution in [2.24, 2.45) is 0 Å². The Morgan fingerprint density at radius 2 is 1.72 bits per heavy atom. The largest absolute Gasteiger partial charge is 0.496 e. The van der Waals surface area contributed by atoms with Crippen LogP contribution in [0.25, 0.3) is 0 Å². The van der Waals surface area contributed by atoms with Gasteiger partial charge in [-0.3, -0.25) is 14.9 Å². The molecule has 3 aromatic carbocycles. The molecule has 39 heavy (non-hydrogen) atoms. The van der Waals surface area contributed by atoms with E-state index < -0.39 is 0 Å². The number of benzene rings is 3. The average Bonchev–Trinajstić information content (AvgIpc) is 2.96. The van der Waals surface area contributed by atoms with Gasteiger partial charge in [-0.05, 0) is 73.2 Å². The maximum absolute atomic E-state index is 13.0. The van der Waals surface area contributed by atoms with Crippen molar-refractivity contribution >= 4 is 52.1 Å². The summed E-state index contributed by atoms with van der Waals surface area (Å²) >= 11 is 11.9. The van der Waals surface area contributed by atoms with E-state index in [4.69, 9.17) is 33.3 Å². The third kappa shape index (κ3) is 7.19. The van der Waals surface area contributed by atoms with E-state index in [1.165, 1.54) is 7.11 Å². The summed E-state index contributed by atoms with van der Waals surface area (Å²) in [7, 11) is 1.51. The zero-order valence-corrected chi connectivity index (χ0v) is 23.5. The van der Waals surface area contributed by atoms with Gasteiger partial charge in [-0.25, -0.2) is 0 Å². The number of carbonyl (C=O) groups is 2. The van der Waals surface area contributed by atoms with Gasteiger partial charge in [-0.2, -0.15) is 0 Å². The molecule has 4 rings (SSSR count). The number of hydrogen-bond acceptors (Lipinski definition) is 6. The van der Waals surface area contributed by atoms with Gasteiger partial charge in [-0.15, -0.1) is 0 Å². The Morgan fingerprint density at radius 3 is 2.38 bits per heavy atom. The van der Waals surface area contributed by atoms with Crippen LogP contribution in [0.4, 0.5) is 11.4 Å². The Kier molecular flexibility index (Phi) is 9.62. The molecule has 0 atom stereocenters. The molecule has 2 N–H and O–H groups in total. The van der Waals surface area contributed by atoms with Crippen molar-refractivity contribution in [3.05, 3.63) is 82.9 Å². The lowest BCUT2D eigenvalue weighted by molar-refractivity contribution is 0.0746. The van der Waals surface area contributed by atoms with Gasteiger partial charge in [0.05, 0.1) is 30.0 Å². The molecule has 8 nitrogen and oxygen atoms in total. The molecule has 1 saturated heterocycles. The summed E-state index contributed by atoms with van der Waals surface area (Å²) in [6, 6.07) is 19.7. The first-order valence-corrected chi connectivity index (χ1v) is 13.5. The predicted molar refractivity (Wildman–Crippen MR) is 158 cm³/mol. The highest BCUT2D eigenvalue weighted by molar-refractivity contribution is 7.80. The minimum Gasteiger partial charge on any atom is -0.496 e. The van der Waals surface area contributed by atoms with Crippen LogP contribution in [0.1, 0.15) is 34.1 Å². The molecule has 1 aliphatic heterocycles. The summed E-state index contributed by atoms with van der Waals surface area (Å²) in [4.78, 5) is 29.6. The van der Waals surface area contributed by atoms with Crippen LogP contribution in [0.15, 0.2) is 66.7 Å². The highest BCUT2D eigenvalue weighted by Gasteiger charge is 2.23. The predicted octanol–water partition coefficient (Wildman–Crippen LogP) is 5.23. The molecule has 204 valence electrons. The molecule has 0 radical (unpaired) electrons. The number of carbonyl (C=O) groups excluding carboxylic acids is 2. The highest BCUT2D eigenvalue weighted by Crippen LogP contribution is 2.30. The van der Waals surface area contributed by atoms with E-state index >= 15 is 0 Å². The van der Waals surface area contributed by atoms with Crippen LogP contribution in [-0.2, 0) is 0 Å². The molecule has 3 aromatic rings. The van der Waals surface area contributed by atoms with Crippen molar-refractivity contribution in [3.8, 4) is 11.5 Å². The number of para-hydroxylation sites is 1. The quantitative estimate of drug-likeness (QED) is 0.361. The van der Waals surface area contributed by atoms with Gasteiger partial charge < -0.3 is 24.6 Å². The molecule has 0 bridgehead atoms. The first-order chi connectivity index (χ1) is 18.9. The van der Waals surface area contributed by atoms with Gasteiger partial charge in [0.2, 0.25) is 0 Å². The van der Waals surface area contributed by atoms with Crippen LogP contribution in [-0.4, -0.2) is 61.7 Å². The lowest BCUT2D eigenvalue weighted by atomic mass is 10.1. The second-order valence-electron chi connectivity index (χ2n) is 8.93. The maximum Gasteiger partial charge on any atom is 0.261 e. The van der Waals surface area contributed by atoms with Crippen molar-refractivity contribution in [1.29, 1.82) is 0 Å². The summed E-state index contributed by atoms with van der Waals surface area (Å²) in [5.41, 5.74) is 2.55. The van der Waals surface area contributed by atoms with E-state index in [-0.39, 0.29) is 16.9 Å². The van der Waals surface area contributed by atoms with E-state index in [1.807, 2.05) is 41.3 Å². The fraction of sp³-hybridized carbons (Fsp3) is 0.276. The monoisotopic (exact) mass is 566 g/mol. The number of hydrogen-bond donors (Lipinski definition) is 2.